The van der Waals surface area contributed by atoms with E-state index in [1.54, 1.807) is 13.0 Å². The van der Waals surface area contributed by atoms with E-state index in [-0.39, 0.29) is 17.6 Å². The second kappa shape index (κ2) is 10.3. The molecule has 0 bridgehead atoms. The third kappa shape index (κ3) is 5.48. The Morgan fingerprint density at radius 2 is 1.82 bits per heavy atom. The molecule has 0 unspecified atom stereocenters. The van der Waals surface area contributed by atoms with Crippen molar-refractivity contribution in [1.29, 1.82) is 0 Å². The summed E-state index contributed by atoms with van der Waals surface area (Å²) in [7, 11) is 2.47. The molecule has 2 rings (SSSR count). The van der Waals surface area contributed by atoms with Gasteiger partial charge in [-0.3, -0.25) is 4.79 Å². The van der Waals surface area contributed by atoms with Crippen molar-refractivity contribution in [3.05, 3.63) is 36.0 Å². The monoisotopic (exact) mass is 390 g/mol. The zero-order chi connectivity index (χ0) is 20.5. The number of anilines is 2. The number of hydrogen-bond acceptors (Lipinski definition) is 8. The van der Waals surface area contributed by atoms with Crippen LogP contribution in [0.5, 0.6) is 0 Å². The lowest BCUT2D eigenvalue weighted by molar-refractivity contribution is -0.148. The molecule has 1 N–H and O–H groups in total. The van der Waals surface area contributed by atoms with Gasteiger partial charge in [-0.15, -0.1) is 0 Å². The van der Waals surface area contributed by atoms with Gasteiger partial charge in [0, 0.05) is 13.1 Å². The average molecular weight is 390 g/mol. The first-order valence-corrected chi connectivity index (χ1v) is 9.15. The molecule has 1 aromatic rings. The van der Waals surface area contributed by atoms with Gasteiger partial charge < -0.3 is 24.4 Å². The number of piperidine rings is 1. The Morgan fingerprint density at radius 3 is 2.43 bits per heavy atom. The standard InChI is InChI=1S/C20H26N2O6/c1-4-28-19(24)14-9-11-22(12-10-14)17-8-6-5-7-15(17)21-16(20(25)27-3)13-18(23)26-2/h5-8,13-14,21H,4,9-12H2,1-3H3/b16-13+. The maximum Gasteiger partial charge on any atom is 0.354 e. The molecule has 1 saturated heterocycles. The molecule has 8 heteroatoms. The maximum atomic E-state index is 12.0. The number of ether oxygens (including phenoxy) is 3. The molecule has 1 aliphatic rings. The number of hydrogen-bond donors (Lipinski definition) is 1. The van der Waals surface area contributed by atoms with E-state index in [0.717, 1.165) is 11.8 Å². The van der Waals surface area contributed by atoms with Crippen LogP contribution in [0.4, 0.5) is 11.4 Å². The van der Waals surface area contributed by atoms with E-state index in [9.17, 15) is 14.4 Å². The van der Waals surface area contributed by atoms with Gasteiger partial charge in [0.1, 0.15) is 5.70 Å². The van der Waals surface area contributed by atoms with E-state index in [4.69, 9.17) is 9.47 Å². The summed E-state index contributed by atoms with van der Waals surface area (Å²) in [6.45, 7) is 3.54. The highest BCUT2D eigenvalue weighted by Crippen LogP contribution is 2.31. The van der Waals surface area contributed by atoms with Crippen LogP contribution >= 0.6 is 0 Å². The van der Waals surface area contributed by atoms with Crippen molar-refractivity contribution in [3.63, 3.8) is 0 Å². The molecule has 8 nitrogen and oxygen atoms in total. The van der Waals surface area contributed by atoms with Crippen molar-refractivity contribution in [2.45, 2.75) is 19.8 Å². The summed E-state index contributed by atoms with van der Waals surface area (Å²) in [5.41, 5.74) is 1.49. The lowest BCUT2D eigenvalue weighted by Gasteiger charge is -2.34. The van der Waals surface area contributed by atoms with Gasteiger partial charge >= 0.3 is 17.9 Å². The molecule has 0 amide bonds. The van der Waals surface area contributed by atoms with Crippen molar-refractivity contribution in [3.8, 4) is 0 Å². The van der Waals surface area contributed by atoms with Crippen molar-refractivity contribution < 1.29 is 28.6 Å². The Bertz CT molecular complexity index is 738. The number of carbonyl (C=O) groups is 3. The van der Waals surface area contributed by atoms with E-state index < -0.39 is 11.9 Å². The molecule has 0 aliphatic carbocycles. The average Bonchev–Trinajstić information content (AvgIpc) is 2.73. The van der Waals surface area contributed by atoms with Gasteiger partial charge in [-0.05, 0) is 31.9 Å². The fraction of sp³-hybridized carbons (Fsp3) is 0.450. The molecule has 1 aromatic carbocycles. The van der Waals surface area contributed by atoms with Crippen LogP contribution in [-0.4, -0.2) is 51.8 Å². The van der Waals surface area contributed by atoms with Crippen LogP contribution in [0, 0.1) is 5.92 Å². The highest BCUT2D eigenvalue weighted by molar-refractivity contribution is 5.99. The molecule has 1 aliphatic heterocycles. The normalized spacial score (nSPS) is 15.0. The lowest BCUT2D eigenvalue weighted by atomic mass is 9.96. The molecule has 0 aromatic heterocycles. The third-order valence-corrected chi connectivity index (χ3v) is 4.50. The first kappa shape index (κ1) is 21.3. The number of methoxy groups -OCH3 is 2. The van der Waals surface area contributed by atoms with Gasteiger partial charge in [0.25, 0.3) is 0 Å². The van der Waals surface area contributed by atoms with E-state index in [1.807, 2.05) is 18.2 Å². The molecule has 0 spiro atoms. The summed E-state index contributed by atoms with van der Waals surface area (Å²) in [5.74, 6) is -1.59. The van der Waals surface area contributed by atoms with Gasteiger partial charge in [0.15, 0.2) is 0 Å². The van der Waals surface area contributed by atoms with Crippen LogP contribution in [0.1, 0.15) is 19.8 Å². The number of nitrogens with one attached hydrogen (secondary N) is 1. The van der Waals surface area contributed by atoms with Gasteiger partial charge in [-0.2, -0.15) is 0 Å². The molecule has 1 fully saturated rings. The number of nitrogens with zero attached hydrogens (tertiary/aromatic N) is 1. The van der Waals surface area contributed by atoms with Crippen molar-refractivity contribution >= 4 is 29.3 Å². The Balaban J connectivity index is 2.17. The van der Waals surface area contributed by atoms with Crippen molar-refractivity contribution in [2.24, 2.45) is 5.92 Å². The molecule has 0 radical (unpaired) electrons. The van der Waals surface area contributed by atoms with E-state index in [1.165, 1.54) is 14.2 Å². The first-order chi connectivity index (χ1) is 13.5. The smallest absolute Gasteiger partial charge is 0.354 e. The fourth-order valence-electron chi connectivity index (χ4n) is 3.05. The summed E-state index contributed by atoms with van der Waals surface area (Å²) in [6, 6.07) is 7.44. The predicted octanol–water partition coefficient (Wildman–Crippen LogP) is 2.11. The molecule has 0 atom stereocenters. The highest BCUT2D eigenvalue weighted by Gasteiger charge is 2.27. The quantitative estimate of drug-likeness (QED) is 0.430. The van der Waals surface area contributed by atoms with E-state index in [0.29, 0.717) is 38.2 Å². The largest absolute Gasteiger partial charge is 0.466 e. The van der Waals surface area contributed by atoms with Gasteiger partial charge in [0.2, 0.25) is 0 Å². The minimum atomic E-state index is -0.679. The molecule has 1 heterocycles. The SMILES string of the molecule is CCOC(=O)C1CCN(c2ccccc2N/C(=C/C(=O)OC)C(=O)OC)CC1. The lowest BCUT2D eigenvalue weighted by Crippen LogP contribution is -2.37. The van der Waals surface area contributed by atoms with E-state index in [2.05, 4.69) is 15.0 Å². The Morgan fingerprint density at radius 1 is 1.14 bits per heavy atom. The maximum absolute atomic E-state index is 12.0. The number of benzene rings is 1. The van der Waals surface area contributed by atoms with Crippen molar-refractivity contribution in [1.82, 2.24) is 0 Å². The zero-order valence-electron chi connectivity index (χ0n) is 16.4. The Hall–Kier alpha value is -3.03. The molecular weight excluding hydrogens is 364 g/mol. The van der Waals surface area contributed by atoms with Crippen LogP contribution in [0.3, 0.4) is 0 Å². The fourth-order valence-corrected chi connectivity index (χ4v) is 3.05. The summed E-state index contributed by atoms with van der Waals surface area (Å²) >= 11 is 0. The first-order valence-electron chi connectivity index (χ1n) is 9.15. The number of para-hydroxylation sites is 2. The summed E-state index contributed by atoms with van der Waals surface area (Å²) in [6.07, 6.45) is 2.43. The van der Waals surface area contributed by atoms with Gasteiger partial charge in [-0.1, -0.05) is 12.1 Å². The zero-order valence-corrected chi connectivity index (χ0v) is 16.4. The Kier molecular flexibility index (Phi) is 7.86. The summed E-state index contributed by atoms with van der Waals surface area (Å²) < 4.78 is 14.4. The minimum Gasteiger partial charge on any atom is -0.466 e. The van der Waals surface area contributed by atoms with Crippen LogP contribution in [0.25, 0.3) is 0 Å². The number of carbonyl (C=O) groups excluding carboxylic acids is 3. The van der Waals surface area contributed by atoms with Crippen LogP contribution in [-0.2, 0) is 28.6 Å². The van der Waals surface area contributed by atoms with Crippen LogP contribution < -0.4 is 10.2 Å². The number of rotatable bonds is 7. The summed E-state index contributed by atoms with van der Waals surface area (Å²) in [4.78, 5) is 37.6. The molecular formula is C20H26N2O6. The van der Waals surface area contributed by atoms with E-state index >= 15 is 0 Å². The molecule has 0 saturated carbocycles. The van der Waals surface area contributed by atoms with Crippen molar-refractivity contribution in [2.75, 3.05) is 44.1 Å². The van der Waals surface area contributed by atoms with Crippen LogP contribution in [0.2, 0.25) is 0 Å². The molecule has 28 heavy (non-hydrogen) atoms. The van der Waals surface area contributed by atoms with Gasteiger partial charge in [-0.25, -0.2) is 9.59 Å². The predicted molar refractivity (Wildman–Crippen MR) is 104 cm³/mol. The second-order valence-electron chi connectivity index (χ2n) is 6.23. The molecule has 152 valence electrons. The van der Waals surface area contributed by atoms with Gasteiger partial charge in [0.05, 0.1) is 44.2 Å². The number of esters is 3. The summed E-state index contributed by atoms with van der Waals surface area (Å²) in [5, 5.41) is 2.97. The minimum absolute atomic E-state index is 0.0248. The van der Waals surface area contributed by atoms with Crippen LogP contribution in [0.15, 0.2) is 36.0 Å². The topological polar surface area (TPSA) is 94.2 Å². The Labute approximate surface area is 164 Å². The highest BCUT2D eigenvalue weighted by atomic mass is 16.5. The third-order valence-electron chi connectivity index (χ3n) is 4.50. The second-order valence-corrected chi connectivity index (χ2v) is 6.23.